The first-order valence-corrected chi connectivity index (χ1v) is 7.35. The number of nitrogens with one attached hydrogen (secondary N) is 1. The molecule has 4 nitrogen and oxygen atoms in total. The topological polar surface area (TPSA) is 43.4 Å². The fraction of sp³-hybridized carbons (Fsp3) is 0.688. The van der Waals surface area contributed by atoms with Gasteiger partial charge in [0.2, 0.25) is 0 Å². The second-order valence-electron chi connectivity index (χ2n) is 5.93. The van der Waals surface area contributed by atoms with Gasteiger partial charge in [0.15, 0.2) is 0 Å². The molecule has 0 aliphatic rings. The lowest BCUT2D eigenvalue weighted by molar-refractivity contribution is 0.0397. The Kier molecular flexibility index (Phi) is 7.73. The van der Waals surface area contributed by atoms with Crippen LogP contribution in [0.1, 0.15) is 45.4 Å². The van der Waals surface area contributed by atoms with Crippen LogP contribution in [0.5, 0.6) is 0 Å². The maximum absolute atomic E-state index is 5.52. The Balaban J connectivity index is 2.21. The summed E-state index contributed by atoms with van der Waals surface area (Å²) in [5.74, 6) is 0. The minimum absolute atomic E-state index is 0.125. The molecule has 0 bridgehead atoms. The predicted octanol–water partition coefficient (Wildman–Crippen LogP) is 2.91. The summed E-state index contributed by atoms with van der Waals surface area (Å²) in [6.07, 6.45) is 2.95. The third-order valence-corrected chi connectivity index (χ3v) is 2.68. The summed E-state index contributed by atoms with van der Waals surface area (Å²) in [4.78, 5) is 4.41. The molecule has 0 atom stereocenters. The fourth-order valence-corrected chi connectivity index (χ4v) is 1.55. The van der Waals surface area contributed by atoms with Gasteiger partial charge >= 0.3 is 0 Å². The number of hydrogen-bond acceptors (Lipinski definition) is 4. The van der Waals surface area contributed by atoms with E-state index in [1.54, 1.807) is 0 Å². The first kappa shape index (κ1) is 17.1. The maximum Gasteiger partial charge on any atom is 0.0889 e. The Labute approximate surface area is 122 Å². The first-order valence-electron chi connectivity index (χ1n) is 7.35. The Hall–Kier alpha value is -0.970. The van der Waals surface area contributed by atoms with E-state index in [1.165, 1.54) is 5.56 Å². The highest BCUT2D eigenvalue weighted by Crippen LogP contribution is 2.05. The molecule has 4 heteroatoms. The monoisotopic (exact) mass is 280 g/mol. The van der Waals surface area contributed by atoms with E-state index in [9.17, 15) is 0 Å². The quantitative estimate of drug-likeness (QED) is 0.706. The highest BCUT2D eigenvalue weighted by atomic mass is 16.5. The van der Waals surface area contributed by atoms with E-state index in [0.717, 1.165) is 25.3 Å². The van der Waals surface area contributed by atoms with Crippen molar-refractivity contribution in [3.63, 3.8) is 0 Å². The van der Waals surface area contributed by atoms with Crippen molar-refractivity contribution in [2.45, 2.75) is 52.8 Å². The molecule has 0 unspecified atom stereocenters. The van der Waals surface area contributed by atoms with Crippen LogP contribution in [0.2, 0.25) is 0 Å². The van der Waals surface area contributed by atoms with E-state index in [0.29, 0.717) is 19.8 Å². The smallest absolute Gasteiger partial charge is 0.0889 e. The van der Waals surface area contributed by atoms with Crippen molar-refractivity contribution in [1.29, 1.82) is 0 Å². The van der Waals surface area contributed by atoms with Crippen molar-refractivity contribution in [1.82, 2.24) is 10.3 Å². The molecule has 0 saturated carbocycles. The van der Waals surface area contributed by atoms with Crippen molar-refractivity contribution < 1.29 is 9.47 Å². The van der Waals surface area contributed by atoms with Gasteiger partial charge in [0, 0.05) is 24.9 Å². The second-order valence-corrected chi connectivity index (χ2v) is 5.93. The number of ether oxygens (including phenoxy) is 2. The summed E-state index contributed by atoms with van der Waals surface area (Å²) >= 11 is 0. The third kappa shape index (κ3) is 8.25. The molecule has 114 valence electrons. The summed E-state index contributed by atoms with van der Waals surface area (Å²) < 4.78 is 10.9. The summed E-state index contributed by atoms with van der Waals surface area (Å²) in [5, 5.41) is 3.44. The zero-order valence-corrected chi connectivity index (χ0v) is 13.2. The predicted molar refractivity (Wildman–Crippen MR) is 81.6 cm³/mol. The fourth-order valence-electron chi connectivity index (χ4n) is 1.55. The number of aromatic nitrogens is 1. The van der Waals surface area contributed by atoms with Crippen LogP contribution in [0.4, 0.5) is 0 Å². The van der Waals surface area contributed by atoms with Crippen molar-refractivity contribution in [3.05, 3.63) is 29.6 Å². The van der Waals surface area contributed by atoms with Crippen LogP contribution in [0.25, 0.3) is 0 Å². The zero-order valence-electron chi connectivity index (χ0n) is 13.2. The van der Waals surface area contributed by atoms with Crippen molar-refractivity contribution in [3.8, 4) is 0 Å². The van der Waals surface area contributed by atoms with Gasteiger partial charge in [0.05, 0.1) is 25.5 Å². The van der Waals surface area contributed by atoms with Crippen LogP contribution < -0.4 is 5.32 Å². The lowest BCUT2D eigenvalue weighted by atomic mass is 10.1. The standard InChI is InChI=1S/C16H28N2O2/c1-5-8-19-9-10-20-13-15-7-6-14(11-17-15)12-18-16(2,3)4/h6-7,11,18H,5,8-10,12-13H2,1-4H3. The highest BCUT2D eigenvalue weighted by molar-refractivity contribution is 5.13. The number of hydrogen-bond donors (Lipinski definition) is 1. The summed E-state index contributed by atoms with van der Waals surface area (Å²) in [7, 11) is 0. The average Bonchev–Trinajstić information content (AvgIpc) is 2.41. The van der Waals surface area contributed by atoms with Gasteiger partial charge < -0.3 is 14.8 Å². The Morgan fingerprint density at radius 3 is 2.45 bits per heavy atom. The van der Waals surface area contributed by atoms with E-state index in [-0.39, 0.29) is 5.54 Å². The summed E-state index contributed by atoms with van der Waals surface area (Å²) in [6.45, 7) is 12.0. The van der Waals surface area contributed by atoms with E-state index in [2.05, 4.69) is 44.1 Å². The van der Waals surface area contributed by atoms with E-state index in [4.69, 9.17) is 9.47 Å². The molecule has 1 aromatic rings. The first-order chi connectivity index (χ1) is 9.51. The van der Waals surface area contributed by atoms with Gasteiger partial charge in [-0.15, -0.1) is 0 Å². The van der Waals surface area contributed by atoms with Crippen molar-refractivity contribution in [2.24, 2.45) is 0 Å². The van der Waals surface area contributed by atoms with Crippen LogP contribution in [0.15, 0.2) is 18.3 Å². The highest BCUT2D eigenvalue weighted by Gasteiger charge is 2.08. The number of pyridine rings is 1. The van der Waals surface area contributed by atoms with Crippen LogP contribution in [-0.2, 0) is 22.6 Å². The van der Waals surface area contributed by atoms with Gasteiger partial charge in [-0.1, -0.05) is 13.0 Å². The molecule has 1 heterocycles. The van der Waals surface area contributed by atoms with Gasteiger partial charge in [0.25, 0.3) is 0 Å². The normalized spacial score (nSPS) is 11.8. The van der Waals surface area contributed by atoms with E-state index < -0.39 is 0 Å². The molecule has 1 N–H and O–H groups in total. The van der Waals surface area contributed by atoms with Gasteiger partial charge in [-0.25, -0.2) is 0 Å². The lowest BCUT2D eigenvalue weighted by Gasteiger charge is -2.20. The molecule has 1 aromatic heterocycles. The minimum atomic E-state index is 0.125. The molecule has 0 spiro atoms. The molecule has 0 amide bonds. The summed E-state index contributed by atoms with van der Waals surface area (Å²) in [6, 6.07) is 4.12. The van der Waals surface area contributed by atoms with Crippen LogP contribution in [0.3, 0.4) is 0 Å². The molecule has 0 aliphatic heterocycles. The van der Waals surface area contributed by atoms with Crippen LogP contribution >= 0.6 is 0 Å². The molecule has 0 aliphatic carbocycles. The Morgan fingerprint density at radius 2 is 1.85 bits per heavy atom. The van der Waals surface area contributed by atoms with Crippen LogP contribution in [0, 0.1) is 0 Å². The second kappa shape index (κ2) is 9.06. The van der Waals surface area contributed by atoms with E-state index >= 15 is 0 Å². The SMILES string of the molecule is CCCOCCOCc1ccc(CNC(C)(C)C)cn1. The Bertz CT molecular complexity index is 358. The molecule has 20 heavy (non-hydrogen) atoms. The van der Waals surface area contributed by atoms with Gasteiger partial charge in [-0.2, -0.15) is 0 Å². The average molecular weight is 280 g/mol. The molecule has 1 rings (SSSR count). The minimum Gasteiger partial charge on any atom is -0.379 e. The van der Waals surface area contributed by atoms with Gasteiger partial charge in [-0.3, -0.25) is 4.98 Å². The Morgan fingerprint density at radius 1 is 1.10 bits per heavy atom. The molecule has 0 saturated heterocycles. The molecular weight excluding hydrogens is 252 g/mol. The third-order valence-electron chi connectivity index (χ3n) is 2.68. The van der Waals surface area contributed by atoms with Crippen molar-refractivity contribution >= 4 is 0 Å². The summed E-state index contributed by atoms with van der Waals surface area (Å²) in [5.41, 5.74) is 2.27. The van der Waals surface area contributed by atoms with Gasteiger partial charge in [0.1, 0.15) is 0 Å². The largest absolute Gasteiger partial charge is 0.379 e. The molecular formula is C16H28N2O2. The lowest BCUT2D eigenvalue weighted by Crippen LogP contribution is -2.35. The molecule has 0 aromatic carbocycles. The maximum atomic E-state index is 5.52. The molecule has 0 radical (unpaired) electrons. The van der Waals surface area contributed by atoms with Crippen molar-refractivity contribution in [2.75, 3.05) is 19.8 Å². The van der Waals surface area contributed by atoms with E-state index in [1.807, 2.05) is 12.3 Å². The molecule has 0 fully saturated rings. The van der Waals surface area contributed by atoms with Gasteiger partial charge in [-0.05, 0) is 38.8 Å². The van der Waals surface area contributed by atoms with Crippen LogP contribution in [-0.4, -0.2) is 30.3 Å². The number of rotatable bonds is 9. The number of nitrogens with zero attached hydrogens (tertiary/aromatic N) is 1. The zero-order chi connectivity index (χ0) is 14.8.